The Morgan fingerprint density at radius 3 is 2.68 bits per heavy atom. The van der Waals surface area contributed by atoms with E-state index < -0.39 is 17.9 Å². The summed E-state index contributed by atoms with van der Waals surface area (Å²) >= 11 is 0. The Bertz CT molecular complexity index is 1050. The van der Waals surface area contributed by atoms with Crippen molar-refractivity contribution in [1.82, 2.24) is 9.88 Å². The molecule has 1 N–H and O–H groups in total. The SMILES string of the molecule is O=C(O)C1CN(C(=O)c2cc(-c3ccccc3)nc3cc(F)ccc23)CCO1. The first-order valence-corrected chi connectivity index (χ1v) is 8.82. The summed E-state index contributed by atoms with van der Waals surface area (Å²) in [5.74, 6) is -1.88. The number of benzene rings is 2. The summed E-state index contributed by atoms with van der Waals surface area (Å²) in [5, 5.41) is 9.71. The van der Waals surface area contributed by atoms with E-state index in [4.69, 9.17) is 4.74 Å². The first kappa shape index (κ1) is 18.1. The van der Waals surface area contributed by atoms with Crippen molar-refractivity contribution in [3.05, 3.63) is 66.0 Å². The first-order chi connectivity index (χ1) is 13.5. The third-order valence-electron chi connectivity index (χ3n) is 4.70. The highest BCUT2D eigenvalue weighted by molar-refractivity contribution is 6.07. The van der Waals surface area contributed by atoms with Crippen LogP contribution in [0.2, 0.25) is 0 Å². The van der Waals surface area contributed by atoms with Crippen molar-refractivity contribution >= 4 is 22.8 Å². The van der Waals surface area contributed by atoms with E-state index in [1.165, 1.54) is 23.1 Å². The molecule has 1 unspecified atom stereocenters. The Hall–Kier alpha value is -3.32. The van der Waals surface area contributed by atoms with Crippen LogP contribution in [0.3, 0.4) is 0 Å². The Morgan fingerprint density at radius 2 is 1.93 bits per heavy atom. The van der Waals surface area contributed by atoms with Crippen molar-refractivity contribution < 1.29 is 23.8 Å². The van der Waals surface area contributed by atoms with Gasteiger partial charge >= 0.3 is 5.97 Å². The number of rotatable bonds is 3. The number of carbonyl (C=O) groups is 2. The number of halogens is 1. The molecule has 3 aromatic rings. The zero-order chi connectivity index (χ0) is 19.7. The lowest BCUT2D eigenvalue weighted by atomic mass is 10.0. The van der Waals surface area contributed by atoms with Crippen LogP contribution in [-0.2, 0) is 9.53 Å². The molecule has 2 aromatic carbocycles. The van der Waals surface area contributed by atoms with Gasteiger partial charge in [0.2, 0.25) is 0 Å². The number of nitrogens with zero attached hydrogens (tertiary/aromatic N) is 2. The number of hydrogen-bond acceptors (Lipinski definition) is 4. The minimum Gasteiger partial charge on any atom is -0.479 e. The van der Waals surface area contributed by atoms with Crippen molar-refractivity contribution in [1.29, 1.82) is 0 Å². The second-order valence-corrected chi connectivity index (χ2v) is 6.53. The fraction of sp³-hybridized carbons (Fsp3) is 0.190. The van der Waals surface area contributed by atoms with Crippen molar-refractivity contribution in [3.8, 4) is 11.3 Å². The molecule has 0 bridgehead atoms. The Balaban J connectivity index is 1.80. The van der Waals surface area contributed by atoms with E-state index in [-0.39, 0.29) is 25.6 Å². The largest absolute Gasteiger partial charge is 0.479 e. The normalized spacial score (nSPS) is 16.9. The maximum Gasteiger partial charge on any atom is 0.334 e. The van der Waals surface area contributed by atoms with Crippen LogP contribution in [0.4, 0.5) is 4.39 Å². The zero-order valence-corrected chi connectivity index (χ0v) is 14.8. The number of ether oxygens (including phenoxy) is 1. The summed E-state index contributed by atoms with van der Waals surface area (Å²) in [4.78, 5) is 30.4. The van der Waals surface area contributed by atoms with Crippen molar-refractivity contribution in [3.63, 3.8) is 0 Å². The highest BCUT2D eigenvalue weighted by atomic mass is 19.1. The second-order valence-electron chi connectivity index (χ2n) is 6.53. The van der Waals surface area contributed by atoms with Gasteiger partial charge in [0.05, 0.1) is 29.9 Å². The van der Waals surface area contributed by atoms with Gasteiger partial charge in [0, 0.05) is 23.6 Å². The minimum atomic E-state index is -1.11. The van der Waals surface area contributed by atoms with Gasteiger partial charge in [0.25, 0.3) is 5.91 Å². The molecule has 1 aliphatic rings. The molecule has 0 spiro atoms. The van der Waals surface area contributed by atoms with E-state index in [0.29, 0.717) is 22.2 Å². The maximum absolute atomic E-state index is 13.8. The summed E-state index contributed by atoms with van der Waals surface area (Å²) in [7, 11) is 0. The predicted octanol–water partition coefficient (Wildman–Crippen LogP) is 2.97. The fourth-order valence-electron chi connectivity index (χ4n) is 3.29. The molecule has 0 aliphatic carbocycles. The second kappa shape index (κ2) is 7.36. The number of hydrogen-bond donors (Lipinski definition) is 1. The standard InChI is InChI=1S/C21H17FN2O4/c22-14-6-7-15-16(20(25)24-8-9-28-19(12-24)21(26)27)11-17(23-18(15)10-14)13-4-2-1-3-5-13/h1-7,10-11,19H,8-9,12H2,(H,26,27). The molecule has 6 nitrogen and oxygen atoms in total. The van der Waals surface area contributed by atoms with Gasteiger partial charge < -0.3 is 14.7 Å². The van der Waals surface area contributed by atoms with Crippen molar-refractivity contribution in [2.75, 3.05) is 19.7 Å². The molecule has 0 saturated carbocycles. The molecule has 7 heteroatoms. The number of pyridine rings is 1. The van der Waals surface area contributed by atoms with Gasteiger partial charge in [-0.2, -0.15) is 0 Å². The van der Waals surface area contributed by atoms with Gasteiger partial charge in [-0.1, -0.05) is 30.3 Å². The zero-order valence-electron chi connectivity index (χ0n) is 14.8. The highest BCUT2D eigenvalue weighted by Gasteiger charge is 2.30. The molecular weight excluding hydrogens is 363 g/mol. The number of aromatic nitrogens is 1. The minimum absolute atomic E-state index is 0.0418. The summed E-state index contributed by atoms with van der Waals surface area (Å²) in [6, 6.07) is 15.1. The average molecular weight is 380 g/mol. The lowest BCUT2D eigenvalue weighted by molar-refractivity contribution is -0.154. The Labute approximate surface area is 160 Å². The molecule has 2 heterocycles. The van der Waals surface area contributed by atoms with Crippen molar-refractivity contribution in [2.45, 2.75) is 6.10 Å². The lowest BCUT2D eigenvalue weighted by Gasteiger charge is -2.31. The molecule has 4 rings (SSSR count). The number of morpholine rings is 1. The van der Waals surface area contributed by atoms with Gasteiger partial charge in [0.1, 0.15) is 5.82 Å². The molecule has 0 radical (unpaired) electrons. The molecule has 1 amide bonds. The first-order valence-electron chi connectivity index (χ1n) is 8.82. The Kier molecular flexibility index (Phi) is 4.75. The monoisotopic (exact) mass is 380 g/mol. The number of amides is 1. The molecule has 28 heavy (non-hydrogen) atoms. The summed E-state index contributed by atoms with van der Waals surface area (Å²) in [6.45, 7) is 0.389. The number of carbonyl (C=O) groups excluding carboxylic acids is 1. The van der Waals surface area contributed by atoms with Crippen molar-refractivity contribution in [2.24, 2.45) is 0 Å². The smallest absolute Gasteiger partial charge is 0.334 e. The van der Waals surface area contributed by atoms with E-state index in [1.807, 2.05) is 30.3 Å². The molecular formula is C21H17FN2O4. The third kappa shape index (κ3) is 3.44. The fourth-order valence-corrected chi connectivity index (χ4v) is 3.29. The predicted molar refractivity (Wildman–Crippen MR) is 100 cm³/mol. The van der Waals surface area contributed by atoms with Crippen LogP contribution in [0, 0.1) is 5.82 Å². The number of fused-ring (bicyclic) bond motifs is 1. The van der Waals surface area contributed by atoms with Gasteiger partial charge in [-0.25, -0.2) is 14.2 Å². The van der Waals surface area contributed by atoms with Crippen LogP contribution in [0.5, 0.6) is 0 Å². The molecule has 1 saturated heterocycles. The van der Waals surface area contributed by atoms with Crippen LogP contribution in [0.1, 0.15) is 10.4 Å². The van der Waals surface area contributed by atoms with Gasteiger partial charge in [-0.15, -0.1) is 0 Å². The van der Waals surface area contributed by atoms with E-state index in [1.54, 1.807) is 6.07 Å². The van der Waals surface area contributed by atoms with Crippen LogP contribution in [0.25, 0.3) is 22.2 Å². The maximum atomic E-state index is 13.8. The molecule has 1 aromatic heterocycles. The number of carboxylic acids is 1. The van der Waals surface area contributed by atoms with E-state index in [0.717, 1.165) is 5.56 Å². The summed E-state index contributed by atoms with van der Waals surface area (Å²) in [5.41, 5.74) is 2.07. The van der Waals surface area contributed by atoms with Crippen LogP contribution >= 0.6 is 0 Å². The van der Waals surface area contributed by atoms with Gasteiger partial charge in [-0.05, 0) is 18.2 Å². The van der Waals surface area contributed by atoms with E-state index >= 15 is 0 Å². The van der Waals surface area contributed by atoms with Gasteiger partial charge in [-0.3, -0.25) is 4.79 Å². The van der Waals surface area contributed by atoms with Crippen LogP contribution in [0.15, 0.2) is 54.6 Å². The topological polar surface area (TPSA) is 79.7 Å². The Morgan fingerprint density at radius 1 is 1.14 bits per heavy atom. The molecule has 1 aliphatic heterocycles. The molecule has 142 valence electrons. The van der Waals surface area contributed by atoms with E-state index in [2.05, 4.69) is 4.98 Å². The third-order valence-corrected chi connectivity index (χ3v) is 4.70. The molecule has 1 fully saturated rings. The molecule has 1 atom stereocenters. The lowest BCUT2D eigenvalue weighted by Crippen LogP contribution is -2.48. The number of aliphatic carboxylic acids is 1. The average Bonchev–Trinajstić information content (AvgIpc) is 2.73. The summed E-state index contributed by atoms with van der Waals surface area (Å²) < 4.78 is 19.0. The van der Waals surface area contributed by atoms with E-state index in [9.17, 15) is 19.1 Å². The van der Waals surface area contributed by atoms with Crippen LogP contribution < -0.4 is 0 Å². The van der Waals surface area contributed by atoms with Gasteiger partial charge in [0.15, 0.2) is 6.10 Å². The highest BCUT2D eigenvalue weighted by Crippen LogP contribution is 2.27. The quantitative estimate of drug-likeness (QED) is 0.756. The van der Waals surface area contributed by atoms with Crippen LogP contribution in [-0.4, -0.2) is 52.7 Å². The number of carboxylic acid groups (broad SMARTS) is 1. The summed E-state index contributed by atoms with van der Waals surface area (Å²) in [6.07, 6.45) is -1.06.